The van der Waals surface area contributed by atoms with Gasteiger partial charge in [-0.05, 0) is 66.3 Å². The Morgan fingerprint density at radius 3 is 2.36 bits per heavy atom. The summed E-state index contributed by atoms with van der Waals surface area (Å²) >= 11 is 0. The van der Waals surface area contributed by atoms with Crippen molar-refractivity contribution in [3.63, 3.8) is 0 Å². The molecule has 3 N–H and O–H groups in total. The Hall–Kier alpha value is -3.54. The highest BCUT2D eigenvalue weighted by molar-refractivity contribution is 7.92. The van der Waals surface area contributed by atoms with Gasteiger partial charge in [0.05, 0.1) is 36.3 Å². The number of aliphatic hydroxyl groups is 1. The molecule has 0 bridgehead atoms. The first-order valence-electron chi connectivity index (χ1n) is 15.1. The number of nitrogens with one attached hydrogen (secondary N) is 2. The quantitative estimate of drug-likeness (QED) is 0.245. The fraction of sp³-hybridized carbons (Fsp3) is 0.424. The molecular weight excluding hydrogens is 586 g/mol. The molecule has 44 heavy (non-hydrogen) atoms. The monoisotopic (exact) mass is 628 g/mol. The van der Waals surface area contributed by atoms with E-state index in [1.807, 2.05) is 18.2 Å². The van der Waals surface area contributed by atoms with E-state index in [0.29, 0.717) is 43.1 Å². The van der Waals surface area contributed by atoms with Crippen LogP contribution in [0.15, 0.2) is 60.7 Å². The average molecular weight is 629 g/mol. The molecule has 3 aromatic carbocycles. The van der Waals surface area contributed by atoms with Gasteiger partial charge in [0.2, 0.25) is 10.0 Å². The van der Waals surface area contributed by atoms with E-state index < -0.39 is 39.7 Å². The summed E-state index contributed by atoms with van der Waals surface area (Å²) in [5.41, 5.74) is 3.97. The standard InChI is InChI=1S/C33H42F2N4O4S/c1-4-6-12-38-13-14-39(44(3,42)43)30-11-10-26(19-31(30)38)33(41)37-29(18-25-16-27(34)20-28(35)17-25)32(40)22-36-21-24-9-7-8-23(5-2)15-24/h7-11,15-17,19-20,29,32,36,40H,4-6,12-14,18,21-22H2,1-3H3,(H,37,41). The largest absolute Gasteiger partial charge is 0.390 e. The molecule has 8 nitrogen and oxygen atoms in total. The first kappa shape index (κ1) is 33.4. The number of fused-ring (bicyclic) bond motifs is 1. The van der Waals surface area contributed by atoms with Crippen molar-refractivity contribution in [2.24, 2.45) is 0 Å². The van der Waals surface area contributed by atoms with Crippen LogP contribution in [0, 0.1) is 11.6 Å². The minimum Gasteiger partial charge on any atom is -0.390 e. The molecule has 1 aliphatic rings. The number of carbonyl (C=O) groups is 1. The second-order valence-electron chi connectivity index (χ2n) is 11.3. The highest BCUT2D eigenvalue weighted by Gasteiger charge is 2.30. The highest BCUT2D eigenvalue weighted by atomic mass is 32.2. The molecule has 0 aliphatic carbocycles. The van der Waals surface area contributed by atoms with Gasteiger partial charge >= 0.3 is 0 Å². The maximum absolute atomic E-state index is 14.0. The Morgan fingerprint density at radius 1 is 0.955 bits per heavy atom. The van der Waals surface area contributed by atoms with Crippen molar-refractivity contribution in [3.05, 3.63) is 94.6 Å². The van der Waals surface area contributed by atoms with Gasteiger partial charge in [-0.25, -0.2) is 17.2 Å². The molecule has 2 unspecified atom stereocenters. The van der Waals surface area contributed by atoms with E-state index in [9.17, 15) is 27.1 Å². The van der Waals surface area contributed by atoms with Crippen molar-refractivity contribution in [2.75, 3.05) is 41.6 Å². The Bertz CT molecular complexity index is 1530. The van der Waals surface area contributed by atoms with Crippen molar-refractivity contribution in [1.29, 1.82) is 0 Å². The van der Waals surface area contributed by atoms with Crippen LogP contribution in [0.1, 0.15) is 53.7 Å². The molecule has 1 amide bonds. The first-order valence-corrected chi connectivity index (χ1v) is 16.9. The predicted molar refractivity (Wildman–Crippen MR) is 171 cm³/mol. The molecule has 0 fully saturated rings. The molecule has 0 saturated heterocycles. The minimum absolute atomic E-state index is 0.00991. The number of hydrogen-bond acceptors (Lipinski definition) is 6. The Morgan fingerprint density at radius 2 is 1.68 bits per heavy atom. The number of unbranched alkanes of at least 4 members (excludes halogenated alkanes) is 1. The number of anilines is 2. The van der Waals surface area contributed by atoms with Gasteiger partial charge in [0.15, 0.2) is 0 Å². The number of aryl methyl sites for hydroxylation is 1. The van der Waals surface area contributed by atoms with Gasteiger partial charge < -0.3 is 20.6 Å². The van der Waals surface area contributed by atoms with Gasteiger partial charge in [0, 0.05) is 37.8 Å². The Balaban J connectivity index is 1.56. The number of halogens is 2. The van der Waals surface area contributed by atoms with Crippen molar-refractivity contribution < 1.29 is 27.1 Å². The summed E-state index contributed by atoms with van der Waals surface area (Å²) in [5, 5.41) is 17.3. The first-order chi connectivity index (χ1) is 21.0. The van der Waals surface area contributed by atoms with E-state index in [2.05, 4.69) is 35.4 Å². The number of amides is 1. The van der Waals surface area contributed by atoms with Crippen LogP contribution in [0.3, 0.4) is 0 Å². The Labute approximate surface area is 259 Å². The van der Waals surface area contributed by atoms with Gasteiger partial charge in [-0.2, -0.15) is 0 Å². The van der Waals surface area contributed by atoms with Crippen molar-refractivity contribution in [2.45, 2.75) is 58.2 Å². The second-order valence-corrected chi connectivity index (χ2v) is 13.2. The number of hydrogen-bond donors (Lipinski definition) is 3. The van der Waals surface area contributed by atoms with E-state index in [-0.39, 0.29) is 18.5 Å². The van der Waals surface area contributed by atoms with Crippen molar-refractivity contribution in [3.8, 4) is 0 Å². The van der Waals surface area contributed by atoms with Crippen LogP contribution in [0.25, 0.3) is 0 Å². The molecule has 0 spiro atoms. The van der Waals surface area contributed by atoms with E-state index in [4.69, 9.17) is 0 Å². The maximum Gasteiger partial charge on any atom is 0.251 e. The minimum atomic E-state index is -3.52. The normalized spacial score (nSPS) is 14.7. The van der Waals surface area contributed by atoms with Crippen LogP contribution in [-0.2, 0) is 29.4 Å². The molecular formula is C33H42F2N4O4S. The lowest BCUT2D eigenvalue weighted by Crippen LogP contribution is -2.49. The lowest BCUT2D eigenvalue weighted by molar-refractivity contribution is 0.0830. The van der Waals surface area contributed by atoms with E-state index in [1.54, 1.807) is 18.2 Å². The van der Waals surface area contributed by atoms with Crippen LogP contribution in [0.5, 0.6) is 0 Å². The predicted octanol–water partition coefficient (Wildman–Crippen LogP) is 4.41. The van der Waals surface area contributed by atoms with Crippen LogP contribution in [0.2, 0.25) is 0 Å². The SMILES string of the molecule is CCCCN1CCN(S(C)(=O)=O)c2ccc(C(=O)NC(Cc3cc(F)cc(F)c3)C(O)CNCc3cccc(CC)c3)cc21. The molecule has 238 valence electrons. The highest BCUT2D eigenvalue weighted by Crippen LogP contribution is 2.35. The van der Waals surface area contributed by atoms with Crippen LogP contribution < -0.4 is 19.8 Å². The van der Waals surface area contributed by atoms with Crippen molar-refractivity contribution >= 4 is 27.3 Å². The van der Waals surface area contributed by atoms with Gasteiger partial charge in [-0.15, -0.1) is 0 Å². The van der Waals surface area contributed by atoms with Crippen LogP contribution in [-0.4, -0.2) is 64.0 Å². The third-order valence-corrected chi connectivity index (χ3v) is 9.02. The van der Waals surface area contributed by atoms with Gasteiger partial charge in [0.1, 0.15) is 11.6 Å². The zero-order valence-corrected chi connectivity index (χ0v) is 26.3. The molecule has 2 atom stereocenters. The zero-order chi connectivity index (χ0) is 31.9. The van der Waals surface area contributed by atoms with E-state index >= 15 is 0 Å². The molecule has 3 aromatic rings. The molecule has 0 radical (unpaired) electrons. The number of aliphatic hydroxyl groups excluding tert-OH is 1. The lowest BCUT2D eigenvalue weighted by Gasteiger charge is -2.38. The molecule has 1 heterocycles. The number of sulfonamides is 1. The second kappa shape index (κ2) is 15.0. The topological polar surface area (TPSA) is 102 Å². The van der Waals surface area contributed by atoms with Gasteiger partial charge in [0.25, 0.3) is 5.91 Å². The summed E-state index contributed by atoms with van der Waals surface area (Å²) in [6.07, 6.45) is 2.83. The maximum atomic E-state index is 14.0. The third-order valence-electron chi connectivity index (χ3n) is 7.84. The zero-order valence-electron chi connectivity index (χ0n) is 25.5. The fourth-order valence-corrected chi connectivity index (χ4v) is 6.42. The third kappa shape index (κ3) is 8.77. The number of nitrogens with zero attached hydrogens (tertiary/aromatic N) is 2. The van der Waals surface area contributed by atoms with Gasteiger partial charge in [-0.1, -0.05) is 44.5 Å². The summed E-state index contributed by atoms with van der Waals surface area (Å²) in [6.45, 7) is 6.29. The molecule has 1 aliphatic heterocycles. The van der Waals surface area contributed by atoms with E-state index in [1.165, 1.54) is 22.0 Å². The molecule has 4 rings (SSSR count). The summed E-state index contributed by atoms with van der Waals surface area (Å²) in [6, 6.07) is 15.2. The van der Waals surface area contributed by atoms with Crippen molar-refractivity contribution in [1.82, 2.24) is 10.6 Å². The fourth-order valence-electron chi connectivity index (χ4n) is 5.49. The average Bonchev–Trinajstić information content (AvgIpc) is 2.98. The number of benzene rings is 3. The summed E-state index contributed by atoms with van der Waals surface area (Å²) < 4.78 is 54.3. The molecule has 0 aromatic heterocycles. The van der Waals surface area contributed by atoms with E-state index in [0.717, 1.165) is 37.1 Å². The summed E-state index contributed by atoms with van der Waals surface area (Å²) in [7, 11) is -3.52. The smallest absolute Gasteiger partial charge is 0.251 e. The summed E-state index contributed by atoms with van der Waals surface area (Å²) in [4.78, 5) is 15.7. The molecule has 0 saturated carbocycles. The number of carbonyl (C=O) groups excluding carboxylic acids is 1. The lowest BCUT2D eigenvalue weighted by atomic mass is 9.99. The van der Waals surface area contributed by atoms with Crippen LogP contribution >= 0.6 is 0 Å². The number of rotatable bonds is 14. The summed E-state index contributed by atoms with van der Waals surface area (Å²) in [5.74, 6) is -1.98. The molecule has 11 heteroatoms. The Kier molecular flexibility index (Phi) is 11.3. The van der Waals surface area contributed by atoms with Crippen LogP contribution in [0.4, 0.5) is 20.2 Å². The van der Waals surface area contributed by atoms with Gasteiger partial charge in [-0.3, -0.25) is 9.10 Å².